The molecule has 5 rings (SSSR count). The maximum Gasteiger partial charge on any atom is 0.317 e. The Kier molecular flexibility index (Phi) is 5.01. The molecule has 2 amide bonds. The van der Waals surface area contributed by atoms with Gasteiger partial charge in [0, 0.05) is 48.1 Å². The molecule has 2 aromatic heterocycles. The van der Waals surface area contributed by atoms with Gasteiger partial charge in [0.25, 0.3) is 0 Å². The van der Waals surface area contributed by atoms with Crippen LogP contribution in [0.5, 0.6) is 0 Å². The van der Waals surface area contributed by atoms with Crippen LogP contribution in [0.3, 0.4) is 0 Å². The van der Waals surface area contributed by atoms with Gasteiger partial charge < -0.3 is 16.0 Å². The number of nitrogens with one attached hydrogen (secondary N) is 1. The summed E-state index contributed by atoms with van der Waals surface area (Å²) >= 11 is 0. The van der Waals surface area contributed by atoms with Crippen molar-refractivity contribution in [3.63, 3.8) is 0 Å². The number of nitrogen functional groups attached to an aromatic ring is 1. The van der Waals surface area contributed by atoms with Crippen LogP contribution < -0.4 is 11.1 Å². The van der Waals surface area contributed by atoms with Gasteiger partial charge in [-0.15, -0.1) is 0 Å². The molecule has 2 unspecified atom stereocenters. The minimum absolute atomic E-state index is 0.164. The first-order chi connectivity index (χ1) is 15.9. The first-order valence-electron chi connectivity index (χ1n) is 10.9. The zero-order valence-electron chi connectivity index (χ0n) is 18.3. The number of aryl methyl sites for hydroxylation is 1. The Balaban J connectivity index is 1.33. The normalized spacial score (nSPS) is 20.0. The average Bonchev–Trinajstić information content (AvgIpc) is 3.51. The standard InChI is InChI=1S/C24H24FN7O/c1-15(18-4-2-3-5-19(18)25)29-23(33)31-8-6-24(14-31)7-9-32-21(24)11-20(30-32)17-10-16(12-26)22(27)28-13-17/h2-5,10-11,13,15H,6-9,14H2,1H3,(H2,27,28)(H,29,33). The second kappa shape index (κ2) is 7.89. The number of nitriles is 1. The molecule has 0 bridgehead atoms. The molecule has 0 aliphatic carbocycles. The molecule has 2 aliphatic heterocycles. The molecular formula is C24H24FN7O. The summed E-state index contributed by atoms with van der Waals surface area (Å²) in [6, 6.07) is 11.7. The van der Waals surface area contributed by atoms with E-state index in [-0.39, 0.29) is 23.1 Å². The molecule has 2 aliphatic rings. The van der Waals surface area contributed by atoms with Crippen LogP contribution in [0, 0.1) is 17.1 Å². The zero-order chi connectivity index (χ0) is 23.2. The Morgan fingerprint density at radius 2 is 2.09 bits per heavy atom. The molecule has 168 valence electrons. The first kappa shape index (κ1) is 20.9. The van der Waals surface area contributed by atoms with Gasteiger partial charge in [0.05, 0.1) is 17.3 Å². The summed E-state index contributed by atoms with van der Waals surface area (Å²) in [5.74, 6) is -0.126. The Labute approximate surface area is 190 Å². The van der Waals surface area contributed by atoms with Crippen molar-refractivity contribution in [1.29, 1.82) is 5.26 Å². The van der Waals surface area contributed by atoms with Gasteiger partial charge in [-0.25, -0.2) is 14.2 Å². The minimum Gasteiger partial charge on any atom is -0.383 e. The van der Waals surface area contributed by atoms with E-state index in [1.54, 1.807) is 42.3 Å². The fraction of sp³-hybridized carbons (Fsp3) is 0.333. The lowest BCUT2D eigenvalue weighted by atomic mass is 9.82. The number of halogens is 1. The topological polar surface area (TPSA) is 113 Å². The van der Waals surface area contributed by atoms with Gasteiger partial charge in [-0.3, -0.25) is 4.68 Å². The molecule has 4 heterocycles. The molecule has 1 fully saturated rings. The summed E-state index contributed by atoms with van der Waals surface area (Å²) in [7, 11) is 0. The Bertz CT molecular complexity index is 1280. The molecule has 1 saturated heterocycles. The number of nitrogens with two attached hydrogens (primary N) is 1. The lowest BCUT2D eigenvalue weighted by Gasteiger charge is -2.25. The van der Waals surface area contributed by atoms with E-state index in [9.17, 15) is 14.4 Å². The number of pyridine rings is 1. The SMILES string of the molecule is CC(NC(=O)N1CCC2(CCn3nc(-c4cnc(N)c(C#N)c4)cc32)C1)c1ccccc1F. The number of benzene rings is 1. The van der Waals surface area contributed by atoms with Crippen LogP contribution in [-0.2, 0) is 12.0 Å². The van der Waals surface area contributed by atoms with Gasteiger partial charge in [0.15, 0.2) is 0 Å². The second-order valence-electron chi connectivity index (χ2n) is 8.80. The number of nitrogens with zero attached hydrogens (tertiary/aromatic N) is 5. The van der Waals surface area contributed by atoms with Crippen molar-refractivity contribution < 1.29 is 9.18 Å². The van der Waals surface area contributed by atoms with Crippen LogP contribution in [-0.4, -0.2) is 38.8 Å². The monoisotopic (exact) mass is 445 g/mol. The number of carbonyl (C=O) groups is 1. The molecular weight excluding hydrogens is 421 g/mol. The highest BCUT2D eigenvalue weighted by Crippen LogP contribution is 2.43. The van der Waals surface area contributed by atoms with Crippen LogP contribution in [0.1, 0.15) is 42.6 Å². The Morgan fingerprint density at radius 3 is 2.88 bits per heavy atom. The smallest absolute Gasteiger partial charge is 0.317 e. The molecule has 1 aromatic carbocycles. The Hall–Kier alpha value is -3.93. The van der Waals surface area contributed by atoms with E-state index in [2.05, 4.69) is 16.4 Å². The third kappa shape index (κ3) is 3.57. The lowest BCUT2D eigenvalue weighted by molar-refractivity contribution is 0.202. The van der Waals surface area contributed by atoms with Crippen molar-refractivity contribution >= 4 is 11.8 Å². The first-order valence-corrected chi connectivity index (χ1v) is 10.9. The minimum atomic E-state index is -0.427. The Morgan fingerprint density at radius 1 is 1.30 bits per heavy atom. The summed E-state index contributed by atoms with van der Waals surface area (Å²) in [5.41, 5.74) is 8.94. The molecule has 9 heteroatoms. The molecule has 0 saturated carbocycles. The van der Waals surface area contributed by atoms with Gasteiger partial charge in [-0.2, -0.15) is 10.4 Å². The van der Waals surface area contributed by atoms with Gasteiger partial charge in [-0.05, 0) is 38.0 Å². The highest BCUT2D eigenvalue weighted by Gasteiger charge is 2.47. The van der Waals surface area contributed by atoms with Crippen molar-refractivity contribution in [2.24, 2.45) is 0 Å². The van der Waals surface area contributed by atoms with E-state index < -0.39 is 6.04 Å². The zero-order valence-corrected chi connectivity index (χ0v) is 18.3. The highest BCUT2D eigenvalue weighted by molar-refractivity contribution is 5.75. The summed E-state index contributed by atoms with van der Waals surface area (Å²) in [4.78, 5) is 18.9. The van der Waals surface area contributed by atoms with Gasteiger partial charge in [-0.1, -0.05) is 18.2 Å². The number of hydrogen-bond donors (Lipinski definition) is 2. The molecule has 0 radical (unpaired) electrons. The maximum atomic E-state index is 14.1. The van der Waals surface area contributed by atoms with Crippen LogP contribution >= 0.6 is 0 Å². The maximum absolute atomic E-state index is 14.1. The largest absolute Gasteiger partial charge is 0.383 e. The number of aromatic nitrogens is 3. The summed E-state index contributed by atoms with van der Waals surface area (Å²) in [6.07, 6.45) is 3.37. The number of fused-ring (bicyclic) bond motifs is 2. The molecule has 3 aromatic rings. The number of carbonyl (C=O) groups excluding carboxylic acids is 1. The quantitative estimate of drug-likeness (QED) is 0.642. The molecule has 8 nitrogen and oxygen atoms in total. The fourth-order valence-electron chi connectivity index (χ4n) is 4.95. The van der Waals surface area contributed by atoms with Crippen molar-refractivity contribution in [1.82, 2.24) is 25.0 Å². The lowest BCUT2D eigenvalue weighted by Crippen LogP contribution is -2.41. The van der Waals surface area contributed by atoms with E-state index in [0.29, 0.717) is 24.2 Å². The molecule has 1 spiro atoms. The van der Waals surface area contributed by atoms with E-state index in [1.807, 2.05) is 10.7 Å². The number of rotatable bonds is 3. The van der Waals surface area contributed by atoms with Crippen LogP contribution in [0.25, 0.3) is 11.3 Å². The second-order valence-corrected chi connectivity index (χ2v) is 8.80. The predicted molar refractivity (Wildman–Crippen MR) is 120 cm³/mol. The number of amides is 2. The third-order valence-corrected chi connectivity index (χ3v) is 6.81. The van der Waals surface area contributed by atoms with E-state index in [1.165, 1.54) is 6.07 Å². The van der Waals surface area contributed by atoms with Crippen LogP contribution in [0.15, 0.2) is 42.6 Å². The van der Waals surface area contributed by atoms with Crippen LogP contribution in [0.4, 0.5) is 15.0 Å². The van der Waals surface area contributed by atoms with Crippen molar-refractivity contribution in [3.8, 4) is 17.3 Å². The van der Waals surface area contributed by atoms with Crippen LogP contribution in [0.2, 0.25) is 0 Å². The fourth-order valence-corrected chi connectivity index (χ4v) is 4.95. The molecule has 33 heavy (non-hydrogen) atoms. The van der Waals surface area contributed by atoms with Gasteiger partial charge >= 0.3 is 6.03 Å². The predicted octanol–water partition coefficient (Wildman–Crippen LogP) is 3.36. The van der Waals surface area contributed by atoms with Crippen molar-refractivity contribution in [2.75, 3.05) is 18.8 Å². The van der Waals surface area contributed by atoms with Gasteiger partial charge in [0.1, 0.15) is 17.7 Å². The number of anilines is 1. The van der Waals surface area contributed by atoms with Crippen molar-refractivity contribution in [3.05, 3.63) is 65.2 Å². The number of likely N-dealkylation sites (tertiary alicyclic amines) is 1. The summed E-state index contributed by atoms with van der Waals surface area (Å²) in [6.45, 7) is 3.76. The van der Waals surface area contributed by atoms with E-state index >= 15 is 0 Å². The highest BCUT2D eigenvalue weighted by atomic mass is 19.1. The van der Waals surface area contributed by atoms with Gasteiger partial charge in [0.2, 0.25) is 0 Å². The summed E-state index contributed by atoms with van der Waals surface area (Å²) < 4.78 is 16.1. The molecule has 2 atom stereocenters. The average molecular weight is 446 g/mol. The summed E-state index contributed by atoms with van der Waals surface area (Å²) in [5, 5.41) is 16.9. The van der Waals surface area contributed by atoms with E-state index in [0.717, 1.165) is 36.3 Å². The molecule has 3 N–H and O–H groups in total. The third-order valence-electron chi connectivity index (χ3n) is 6.81. The number of hydrogen-bond acceptors (Lipinski definition) is 5. The van der Waals surface area contributed by atoms with E-state index in [4.69, 9.17) is 10.8 Å². The number of urea groups is 1. The van der Waals surface area contributed by atoms with Crippen molar-refractivity contribution in [2.45, 2.75) is 37.8 Å².